The molecular formula is C23H19F3N4O5S2. The highest BCUT2D eigenvalue weighted by atomic mass is 32.1. The second-order valence-corrected chi connectivity index (χ2v) is 9.42. The predicted molar refractivity (Wildman–Crippen MR) is 130 cm³/mol. The lowest BCUT2D eigenvalue weighted by atomic mass is 10.1. The summed E-state index contributed by atoms with van der Waals surface area (Å²) in [6, 6.07) is 4.14. The van der Waals surface area contributed by atoms with Gasteiger partial charge in [0.2, 0.25) is 0 Å². The first-order valence-electron chi connectivity index (χ1n) is 10.9. The summed E-state index contributed by atoms with van der Waals surface area (Å²) >= 11 is 1.99. The number of rotatable bonds is 7. The van der Waals surface area contributed by atoms with Crippen LogP contribution in [0.3, 0.4) is 0 Å². The van der Waals surface area contributed by atoms with Gasteiger partial charge in [-0.25, -0.2) is 19.1 Å². The molecule has 4 heterocycles. The van der Waals surface area contributed by atoms with E-state index in [2.05, 4.69) is 15.4 Å². The summed E-state index contributed by atoms with van der Waals surface area (Å²) in [6.07, 6.45) is -3.81. The molecule has 0 aliphatic rings. The Morgan fingerprint density at radius 3 is 2.46 bits per heavy atom. The van der Waals surface area contributed by atoms with Gasteiger partial charge in [-0.15, -0.1) is 22.7 Å². The van der Waals surface area contributed by atoms with Crippen molar-refractivity contribution in [2.24, 2.45) is 0 Å². The molecule has 1 N–H and O–H groups in total. The van der Waals surface area contributed by atoms with E-state index in [1.54, 1.807) is 31.4 Å². The fourth-order valence-corrected chi connectivity index (χ4v) is 5.26. The number of aromatic nitrogens is 3. The van der Waals surface area contributed by atoms with Crippen LogP contribution in [0.5, 0.6) is 0 Å². The molecule has 4 aromatic heterocycles. The van der Waals surface area contributed by atoms with Gasteiger partial charge in [0.25, 0.3) is 5.91 Å². The molecule has 0 radical (unpaired) electrons. The van der Waals surface area contributed by atoms with Crippen LogP contribution in [-0.2, 0) is 15.7 Å². The van der Waals surface area contributed by atoms with Gasteiger partial charge in [-0.3, -0.25) is 4.79 Å². The number of esters is 2. The van der Waals surface area contributed by atoms with Crippen LogP contribution in [0.1, 0.15) is 55.5 Å². The standard InChI is InChI=1S/C23H19F3N4O5S2/c1-4-34-21(32)16-11(3)17(22(33)35-5-2)37-20(16)29-19(31)12-10-27-30-15(23(24,25)26)9-13(28-18(12)30)14-7-6-8-36-14/h6-10H,4-5H2,1-3H3,(H,29,31). The SMILES string of the molecule is CCOC(=O)c1sc(NC(=O)c2cnn3c(C(F)(F)F)cc(-c4cccs4)nc23)c(C(=O)OCC)c1C. The van der Waals surface area contributed by atoms with E-state index in [-0.39, 0.29) is 51.1 Å². The van der Waals surface area contributed by atoms with Crippen LogP contribution >= 0.6 is 22.7 Å². The number of nitrogens with zero attached hydrogens (tertiary/aromatic N) is 3. The number of anilines is 1. The summed E-state index contributed by atoms with van der Waals surface area (Å²) in [7, 11) is 0. The summed E-state index contributed by atoms with van der Waals surface area (Å²) in [5.41, 5.74) is -1.48. The quantitative estimate of drug-likeness (QED) is 0.303. The molecule has 1 amide bonds. The second-order valence-electron chi connectivity index (χ2n) is 7.45. The van der Waals surface area contributed by atoms with Crippen molar-refractivity contribution in [3.63, 3.8) is 0 Å². The lowest BCUT2D eigenvalue weighted by molar-refractivity contribution is -0.142. The Morgan fingerprint density at radius 2 is 1.84 bits per heavy atom. The molecule has 37 heavy (non-hydrogen) atoms. The third kappa shape index (κ3) is 5.06. The zero-order valence-corrected chi connectivity index (χ0v) is 21.3. The number of carbonyl (C=O) groups excluding carboxylic acids is 3. The zero-order valence-electron chi connectivity index (χ0n) is 19.6. The van der Waals surface area contributed by atoms with Gasteiger partial charge < -0.3 is 14.8 Å². The van der Waals surface area contributed by atoms with Crippen molar-refractivity contribution < 1.29 is 37.0 Å². The largest absolute Gasteiger partial charge is 0.462 e. The van der Waals surface area contributed by atoms with Gasteiger partial charge in [0.15, 0.2) is 11.3 Å². The lowest BCUT2D eigenvalue weighted by Crippen LogP contribution is -2.16. The summed E-state index contributed by atoms with van der Waals surface area (Å²) in [6.45, 7) is 4.85. The highest BCUT2D eigenvalue weighted by Gasteiger charge is 2.36. The normalized spacial score (nSPS) is 11.5. The minimum atomic E-state index is -4.77. The molecule has 14 heteroatoms. The van der Waals surface area contributed by atoms with E-state index in [1.165, 1.54) is 18.3 Å². The molecular weight excluding hydrogens is 533 g/mol. The van der Waals surface area contributed by atoms with Crippen LogP contribution in [0, 0.1) is 6.92 Å². The third-order valence-corrected chi connectivity index (χ3v) is 7.17. The number of alkyl halides is 3. The highest BCUT2D eigenvalue weighted by Crippen LogP contribution is 2.36. The number of ether oxygens (including phenoxy) is 2. The molecule has 0 atom stereocenters. The Hall–Kier alpha value is -3.78. The third-order valence-electron chi connectivity index (χ3n) is 5.09. The average Bonchev–Trinajstić information content (AvgIpc) is 3.57. The average molecular weight is 553 g/mol. The molecule has 0 spiro atoms. The van der Waals surface area contributed by atoms with Crippen LogP contribution in [-0.4, -0.2) is 45.7 Å². The van der Waals surface area contributed by atoms with E-state index in [0.717, 1.165) is 23.6 Å². The molecule has 0 saturated heterocycles. The van der Waals surface area contributed by atoms with Crippen molar-refractivity contribution in [1.82, 2.24) is 14.6 Å². The Labute approximate surface area is 215 Å². The first kappa shape index (κ1) is 26.3. The number of amides is 1. The van der Waals surface area contributed by atoms with E-state index < -0.39 is 29.7 Å². The minimum absolute atomic E-state index is 0.0196. The zero-order chi connectivity index (χ0) is 26.9. The number of carbonyl (C=O) groups is 3. The number of thiophene rings is 2. The van der Waals surface area contributed by atoms with Crippen LogP contribution in [0.4, 0.5) is 18.2 Å². The van der Waals surface area contributed by atoms with Crippen molar-refractivity contribution in [2.45, 2.75) is 26.9 Å². The fraction of sp³-hybridized carbons (Fsp3) is 0.261. The van der Waals surface area contributed by atoms with E-state index in [4.69, 9.17) is 9.47 Å². The van der Waals surface area contributed by atoms with E-state index in [9.17, 15) is 27.6 Å². The Morgan fingerprint density at radius 1 is 1.14 bits per heavy atom. The molecule has 0 aliphatic heterocycles. The molecule has 0 unspecified atom stereocenters. The fourth-order valence-electron chi connectivity index (χ4n) is 3.49. The molecule has 9 nitrogen and oxygen atoms in total. The summed E-state index contributed by atoms with van der Waals surface area (Å²) in [5.74, 6) is -2.34. The lowest BCUT2D eigenvalue weighted by Gasteiger charge is -2.11. The molecule has 0 aromatic carbocycles. The molecule has 194 valence electrons. The van der Waals surface area contributed by atoms with Crippen molar-refractivity contribution in [1.29, 1.82) is 0 Å². The first-order valence-corrected chi connectivity index (χ1v) is 12.5. The summed E-state index contributed by atoms with van der Waals surface area (Å²) in [5, 5.41) is 7.93. The highest BCUT2D eigenvalue weighted by molar-refractivity contribution is 7.18. The molecule has 0 bridgehead atoms. The van der Waals surface area contributed by atoms with Gasteiger partial charge in [0.1, 0.15) is 15.4 Å². The van der Waals surface area contributed by atoms with Crippen molar-refractivity contribution in [3.8, 4) is 10.6 Å². The second kappa shape index (κ2) is 10.3. The van der Waals surface area contributed by atoms with Crippen LogP contribution in [0.2, 0.25) is 0 Å². The van der Waals surface area contributed by atoms with Gasteiger partial charge in [-0.1, -0.05) is 6.07 Å². The van der Waals surface area contributed by atoms with Gasteiger partial charge >= 0.3 is 18.1 Å². The van der Waals surface area contributed by atoms with Crippen LogP contribution < -0.4 is 5.32 Å². The minimum Gasteiger partial charge on any atom is -0.462 e. The van der Waals surface area contributed by atoms with Crippen molar-refractivity contribution in [3.05, 3.63) is 57.0 Å². The number of hydrogen-bond acceptors (Lipinski definition) is 9. The predicted octanol–water partition coefficient (Wildman–Crippen LogP) is 5.45. The summed E-state index contributed by atoms with van der Waals surface area (Å²) < 4.78 is 52.1. The maximum Gasteiger partial charge on any atom is 0.433 e. The molecule has 0 fully saturated rings. The number of hydrogen-bond donors (Lipinski definition) is 1. The Bertz CT molecular complexity index is 1490. The van der Waals surface area contributed by atoms with Crippen LogP contribution in [0.25, 0.3) is 16.2 Å². The van der Waals surface area contributed by atoms with Crippen LogP contribution in [0.15, 0.2) is 29.8 Å². The monoisotopic (exact) mass is 552 g/mol. The molecule has 4 aromatic rings. The topological polar surface area (TPSA) is 112 Å². The van der Waals surface area contributed by atoms with E-state index >= 15 is 0 Å². The Kier molecular flexibility index (Phi) is 7.32. The number of fused-ring (bicyclic) bond motifs is 1. The van der Waals surface area contributed by atoms with E-state index in [1.807, 2.05) is 0 Å². The first-order chi connectivity index (χ1) is 17.6. The molecule has 4 rings (SSSR count). The molecule has 0 saturated carbocycles. The maximum atomic E-state index is 13.8. The molecule has 0 aliphatic carbocycles. The van der Waals surface area contributed by atoms with Gasteiger partial charge in [0, 0.05) is 0 Å². The smallest absolute Gasteiger partial charge is 0.433 e. The van der Waals surface area contributed by atoms with Crippen molar-refractivity contribution in [2.75, 3.05) is 18.5 Å². The van der Waals surface area contributed by atoms with Gasteiger partial charge in [-0.05, 0) is 43.8 Å². The van der Waals surface area contributed by atoms with Gasteiger partial charge in [0.05, 0.1) is 35.5 Å². The van der Waals surface area contributed by atoms with E-state index in [0.29, 0.717) is 9.39 Å². The Balaban J connectivity index is 1.80. The summed E-state index contributed by atoms with van der Waals surface area (Å²) in [4.78, 5) is 43.1. The maximum absolute atomic E-state index is 13.8. The van der Waals surface area contributed by atoms with Gasteiger partial charge in [-0.2, -0.15) is 18.3 Å². The number of halogens is 3. The van der Waals surface area contributed by atoms with Crippen molar-refractivity contribution >= 4 is 51.2 Å². The number of nitrogens with one attached hydrogen (secondary N) is 1.